The Morgan fingerprint density at radius 2 is 1.85 bits per heavy atom. The van der Waals surface area contributed by atoms with Crippen LogP contribution in [0.25, 0.3) is 0 Å². The highest BCUT2D eigenvalue weighted by molar-refractivity contribution is 7.91. The summed E-state index contributed by atoms with van der Waals surface area (Å²) in [5.74, 6) is -0.200. The van der Waals surface area contributed by atoms with Crippen LogP contribution in [0.2, 0.25) is 0 Å². The van der Waals surface area contributed by atoms with Gasteiger partial charge in [0.2, 0.25) is 0 Å². The number of carbonyl (C=O) groups is 1. The third-order valence-corrected chi connectivity index (χ3v) is 4.65. The summed E-state index contributed by atoms with van der Waals surface area (Å²) in [5, 5.41) is 2.97. The molecule has 1 N–H and O–H groups in total. The van der Waals surface area contributed by atoms with E-state index in [9.17, 15) is 13.2 Å². The van der Waals surface area contributed by atoms with Crippen molar-refractivity contribution in [2.24, 2.45) is 0 Å². The first-order valence-corrected chi connectivity index (χ1v) is 8.32. The summed E-state index contributed by atoms with van der Waals surface area (Å²) in [6.45, 7) is 5.60. The molecule has 1 atom stereocenters. The average molecular weight is 299 g/mol. The van der Waals surface area contributed by atoms with E-state index >= 15 is 0 Å². The Labute approximate surface area is 120 Å². The van der Waals surface area contributed by atoms with E-state index in [1.165, 1.54) is 0 Å². The molecular formula is C14H21NO4S. The second-order valence-corrected chi connectivity index (χ2v) is 6.57. The number of nitrogens with one attached hydrogen (secondary N) is 1. The van der Waals surface area contributed by atoms with Crippen molar-refractivity contribution < 1.29 is 17.9 Å². The number of rotatable bonds is 7. The number of anilines is 1. The molecule has 0 aromatic heterocycles. The molecule has 0 saturated heterocycles. The molecule has 112 valence electrons. The quantitative estimate of drug-likeness (QED) is 0.782. The van der Waals surface area contributed by atoms with Crippen molar-refractivity contribution in [3.63, 3.8) is 0 Å². The first kappa shape index (κ1) is 16.5. The first-order valence-electron chi connectivity index (χ1n) is 6.66. The van der Waals surface area contributed by atoms with Crippen molar-refractivity contribution in [1.29, 1.82) is 0 Å². The van der Waals surface area contributed by atoms with E-state index in [1.54, 1.807) is 38.1 Å². The Kier molecular flexibility index (Phi) is 6.01. The minimum atomic E-state index is -3.20. The van der Waals surface area contributed by atoms with Gasteiger partial charge in [-0.25, -0.2) is 13.2 Å². The van der Waals surface area contributed by atoms with Gasteiger partial charge in [0.25, 0.3) is 0 Å². The molecule has 20 heavy (non-hydrogen) atoms. The Morgan fingerprint density at radius 1 is 1.25 bits per heavy atom. The van der Waals surface area contributed by atoms with E-state index < -0.39 is 15.9 Å². The Bertz CT molecular complexity index is 537. The van der Waals surface area contributed by atoms with Crippen LogP contribution in [0.5, 0.6) is 0 Å². The van der Waals surface area contributed by atoms with Crippen molar-refractivity contribution >= 4 is 21.5 Å². The van der Waals surface area contributed by atoms with Gasteiger partial charge in [0.05, 0.1) is 17.3 Å². The molecule has 0 radical (unpaired) electrons. The van der Waals surface area contributed by atoms with Crippen LogP contribution in [0.1, 0.15) is 27.2 Å². The molecule has 0 fully saturated rings. The fraction of sp³-hybridized carbons (Fsp3) is 0.500. The summed E-state index contributed by atoms with van der Waals surface area (Å²) in [7, 11) is -3.20. The molecule has 0 bridgehead atoms. The molecule has 0 aliphatic rings. The zero-order chi connectivity index (χ0) is 15.2. The summed E-state index contributed by atoms with van der Waals surface area (Å²) in [4.78, 5) is 11.8. The predicted molar refractivity (Wildman–Crippen MR) is 78.5 cm³/mol. The lowest BCUT2D eigenvalue weighted by atomic mass is 10.2. The van der Waals surface area contributed by atoms with Gasteiger partial charge in [-0.15, -0.1) is 0 Å². The van der Waals surface area contributed by atoms with Gasteiger partial charge in [0.1, 0.15) is 6.04 Å². The van der Waals surface area contributed by atoms with Crippen LogP contribution >= 0.6 is 0 Å². The van der Waals surface area contributed by atoms with Crippen LogP contribution in [-0.4, -0.2) is 32.8 Å². The molecule has 1 unspecified atom stereocenters. The summed E-state index contributed by atoms with van der Waals surface area (Å²) in [6, 6.07) is 5.92. The van der Waals surface area contributed by atoms with Crippen LogP contribution in [0, 0.1) is 0 Å². The Morgan fingerprint density at radius 3 is 2.35 bits per heavy atom. The van der Waals surface area contributed by atoms with Crippen molar-refractivity contribution in [1.82, 2.24) is 0 Å². The van der Waals surface area contributed by atoms with E-state index in [-0.39, 0.29) is 11.7 Å². The van der Waals surface area contributed by atoms with E-state index in [0.29, 0.717) is 23.6 Å². The second kappa shape index (κ2) is 7.28. The van der Waals surface area contributed by atoms with Gasteiger partial charge in [-0.3, -0.25) is 0 Å². The summed E-state index contributed by atoms with van der Waals surface area (Å²) < 4.78 is 28.6. The maximum absolute atomic E-state index is 11.9. The van der Waals surface area contributed by atoms with Gasteiger partial charge in [-0.2, -0.15) is 0 Å². The highest BCUT2D eigenvalue weighted by atomic mass is 32.2. The van der Waals surface area contributed by atoms with E-state index in [2.05, 4.69) is 5.32 Å². The molecule has 0 spiro atoms. The summed E-state index contributed by atoms with van der Waals surface area (Å²) >= 11 is 0. The number of sulfone groups is 1. The number of hydrogen-bond acceptors (Lipinski definition) is 5. The Balaban J connectivity index is 2.75. The molecule has 1 aromatic carbocycles. The SMILES string of the molecule is CCCS(=O)(=O)c1ccc(NC(C)C(=O)OCC)cc1. The molecule has 0 aliphatic carbocycles. The van der Waals surface area contributed by atoms with Gasteiger partial charge in [0.15, 0.2) is 9.84 Å². The van der Waals surface area contributed by atoms with Gasteiger partial charge in [0, 0.05) is 5.69 Å². The maximum Gasteiger partial charge on any atom is 0.328 e. The molecule has 0 saturated carbocycles. The molecule has 0 heterocycles. The first-order chi connectivity index (χ1) is 9.40. The monoisotopic (exact) mass is 299 g/mol. The summed E-state index contributed by atoms with van der Waals surface area (Å²) in [6.07, 6.45) is 0.586. The van der Waals surface area contributed by atoms with Crippen LogP contribution < -0.4 is 5.32 Å². The number of esters is 1. The normalized spacial score (nSPS) is 12.8. The maximum atomic E-state index is 11.9. The van der Waals surface area contributed by atoms with Crippen molar-refractivity contribution in [3.8, 4) is 0 Å². The molecule has 5 nitrogen and oxygen atoms in total. The smallest absolute Gasteiger partial charge is 0.328 e. The molecule has 0 aliphatic heterocycles. The van der Waals surface area contributed by atoms with Crippen LogP contribution in [0.4, 0.5) is 5.69 Å². The average Bonchev–Trinajstić information content (AvgIpc) is 2.39. The summed E-state index contributed by atoms with van der Waals surface area (Å²) in [5.41, 5.74) is 0.681. The van der Waals surface area contributed by atoms with Crippen molar-refractivity contribution in [2.45, 2.75) is 38.1 Å². The molecular weight excluding hydrogens is 278 g/mol. The third kappa shape index (κ3) is 4.52. The fourth-order valence-corrected chi connectivity index (χ4v) is 3.05. The number of ether oxygens (including phenoxy) is 1. The standard InChI is InChI=1S/C14H21NO4S/c1-4-10-20(17,18)13-8-6-12(7-9-13)15-11(3)14(16)19-5-2/h6-9,11,15H,4-5,10H2,1-3H3. The largest absolute Gasteiger partial charge is 0.464 e. The molecule has 0 amide bonds. The second-order valence-electron chi connectivity index (χ2n) is 4.46. The van der Waals surface area contributed by atoms with Crippen LogP contribution in [0.3, 0.4) is 0 Å². The number of benzene rings is 1. The lowest BCUT2D eigenvalue weighted by Gasteiger charge is -2.14. The highest BCUT2D eigenvalue weighted by Crippen LogP contribution is 2.16. The minimum absolute atomic E-state index is 0.138. The number of hydrogen-bond donors (Lipinski definition) is 1. The molecule has 6 heteroatoms. The van der Waals surface area contributed by atoms with Gasteiger partial charge in [-0.05, 0) is 44.5 Å². The predicted octanol–water partition coefficient (Wildman–Crippen LogP) is 2.23. The third-order valence-electron chi connectivity index (χ3n) is 2.71. The van der Waals surface area contributed by atoms with Gasteiger partial charge >= 0.3 is 5.97 Å². The molecule has 1 aromatic rings. The zero-order valence-corrected chi connectivity index (χ0v) is 12.9. The number of carbonyl (C=O) groups excluding carboxylic acids is 1. The van der Waals surface area contributed by atoms with Crippen molar-refractivity contribution in [3.05, 3.63) is 24.3 Å². The van der Waals surface area contributed by atoms with Crippen molar-refractivity contribution in [2.75, 3.05) is 17.7 Å². The van der Waals surface area contributed by atoms with E-state index in [4.69, 9.17) is 4.74 Å². The van der Waals surface area contributed by atoms with E-state index in [1.807, 2.05) is 6.92 Å². The Hall–Kier alpha value is -1.56. The lowest BCUT2D eigenvalue weighted by molar-refractivity contribution is -0.143. The lowest BCUT2D eigenvalue weighted by Crippen LogP contribution is -2.28. The highest BCUT2D eigenvalue weighted by Gasteiger charge is 2.15. The van der Waals surface area contributed by atoms with Gasteiger partial charge < -0.3 is 10.1 Å². The minimum Gasteiger partial charge on any atom is -0.464 e. The fourth-order valence-electron chi connectivity index (χ4n) is 1.72. The zero-order valence-electron chi connectivity index (χ0n) is 12.0. The van der Waals surface area contributed by atoms with E-state index in [0.717, 1.165) is 0 Å². The van der Waals surface area contributed by atoms with Crippen LogP contribution in [0.15, 0.2) is 29.2 Å². The van der Waals surface area contributed by atoms with Crippen LogP contribution in [-0.2, 0) is 19.4 Å². The molecule has 1 rings (SSSR count). The topological polar surface area (TPSA) is 72.5 Å². The van der Waals surface area contributed by atoms with Gasteiger partial charge in [-0.1, -0.05) is 6.92 Å².